The summed E-state index contributed by atoms with van der Waals surface area (Å²) in [5, 5.41) is 0. The summed E-state index contributed by atoms with van der Waals surface area (Å²) in [5.41, 5.74) is -0.775. The van der Waals surface area contributed by atoms with E-state index in [4.69, 9.17) is 4.74 Å². The molecule has 0 bridgehead atoms. The van der Waals surface area contributed by atoms with E-state index in [0.29, 0.717) is 12.8 Å². The van der Waals surface area contributed by atoms with E-state index in [9.17, 15) is 9.59 Å². The highest BCUT2D eigenvalue weighted by Gasteiger charge is 2.60. The number of cyclic esters (lactones) is 1. The topological polar surface area (TPSA) is 46.6 Å². The van der Waals surface area contributed by atoms with Gasteiger partial charge in [0.15, 0.2) is 11.8 Å². The van der Waals surface area contributed by atoms with Gasteiger partial charge in [0.05, 0.1) is 0 Å². The summed E-state index contributed by atoms with van der Waals surface area (Å²) in [6, 6.07) is 9.73. The Morgan fingerprint density at radius 3 is 2.41 bits per heavy atom. The zero-order valence-electron chi connectivity index (χ0n) is 16.1. The molecule has 1 aliphatic carbocycles. The molecule has 27 heavy (non-hydrogen) atoms. The van der Waals surface area contributed by atoms with Crippen molar-refractivity contribution in [2.45, 2.75) is 45.4 Å². The van der Waals surface area contributed by atoms with Gasteiger partial charge in [0.1, 0.15) is 0 Å². The van der Waals surface area contributed by atoms with Crippen LogP contribution in [0.2, 0.25) is 0 Å². The maximum absolute atomic E-state index is 13.5. The second-order valence-corrected chi connectivity index (χ2v) is 8.09. The molecule has 0 unspecified atom stereocenters. The predicted octanol–water partition coefficient (Wildman–Crippen LogP) is 3.71. The number of benzene rings is 1. The fourth-order valence-electron chi connectivity index (χ4n) is 3.60. The highest BCUT2D eigenvalue weighted by molar-refractivity contribution is 5.94. The molecular formula is C23H26NO3. The summed E-state index contributed by atoms with van der Waals surface area (Å²) in [6.07, 6.45) is 9.22. The van der Waals surface area contributed by atoms with Crippen molar-refractivity contribution in [2.75, 3.05) is 0 Å². The molecule has 1 saturated carbocycles. The molecule has 2 atom stereocenters. The minimum atomic E-state index is -1.10. The van der Waals surface area contributed by atoms with Crippen molar-refractivity contribution in [3.8, 4) is 0 Å². The second-order valence-electron chi connectivity index (χ2n) is 8.09. The molecule has 141 valence electrons. The van der Waals surface area contributed by atoms with Gasteiger partial charge < -0.3 is 4.74 Å². The van der Waals surface area contributed by atoms with Gasteiger partial charge in [-0.05, 0) is 37.7 Å². The Morgan fingerprint density at radius 1 is 1.22 bits per heavy atom. The van der Waals surface area contributed by atoms with Gasteiger partial charge in [-0.3, -0.25) is 9.69 Å². The van der Waals surface area contributed by atoms with Crippen molar-refractivity contribution in [2.24, 2.45) is 5.41 Å². The van der Waals surface area contributed by atoms with Gasteiger partial charge in [0, 0.05) is 17.8 Å². The van der Waals surface area contributed by atoms with Crippen LogP contribution in [0.5, 0.6) is 0 Å². The van der Waals surface area contributed by atoms with Crippen molar-refractivity contribution in [3.05, 3.63) is 80.2 Å². The van der Waals surface area contributed by atoms with Gasteiger partial charge in [0.2, 0.25) is 5.91 Å². The summed E-state index contributed by atoms with van der Waals surface area (Å²) in [6.45, 7) is 9.43. The number of carbonyl (C=O) groups excluding carboxylic acids is 2. The zero-order valence-corrected chi connectivity index (χ0v) is 16.1. The number of esters is 1. The number of hydrogen-bond donors (Lipinski definition) is 0. The van der Waals surface area contributed by atoms with Crippen molar-refractivity contribution >= 4 is 11.9 Å². The average molecular weight is 364 g/mol. The van der Waals surface area contributed by atoms with Crippen LogP contribution < -0.4 is 0 Å². The van der Waals surface area contributed by atoms with Crippen LogP contribution in [0.25, 0.3) is 0 Å². The molecule has 5 radical (unpaired) electrons. The Kier molecular flexibility index (Phi) is 5.45. The Morgan fingerprint density at radius 2 is 1.85 bits per heavy atom. The summed E-state index contributed by atoms with van der Waals surface area (Å²) in [5.74, 6) is 0.312. The molecule has 2 aliphatic rings. The lowest BCUT2D eigenvalue weighted by Gasteiger charge is -2.40. The first-order valence-corrected chi connectivity index (χ1v) is 9.21. The Bertz CT molecular complexity index is 700. The van der Waals surface area contributed by atoms with Gasteiger partial charge in [-0.1, -0.05) is 57.2 Å². The van der Waals surface area contributed by atoms with Crippen LogP contribution in [0.15, 0.2) is 43.0 Å². The molecule has 4 nitrogen and oxygen atoms in total. The van der Waals surface area contributed by atoms with Crippen molar-refractivity contribution < 1.29 is 14.3 Å². The number of amides is 1. The summed E-state index contributed by atoms with van der Waals surface area (Å²) in [4.78, 5) is 28.3. The van der Waals surface area contributed by atoms with Crippen molar-refractivity contribution in [1.29, 1.82) is 0 Å². The summed E-state index contributed by atoms with van der Waals surface area (Å²) < 4.78 is 5.79. The van der Waals surface area contributed by atoms with Crippen LogP contribution >= 0.6 is 0 Å². The standard InChI is InChI=1S/C23H26NO3/c1-5-15-23(16-17-11-7-6-8-12-17)21(26)27-19(18-13-9-10-14-18)24(23)20(25)22(2,3)4/h5-14,19H,1,15-16H2,2-4H3/t19-,23-/m1/s1. The average Bonchev–Trinajstić information content (AvgIpc) is 3.23. The van der Waals surface area contributed by atoms with E-state index < -0.39 is 17.2 Å². The Hall–Kier alpha value is -2.10. The number of hydrogen-bond acceptors (Lipinski definition) is 3. The van der Waals surface area contributed by atoms with Crippen LogP contribution in [-0.4, -0.2) is 28.5 Å². The first kappa shape index (κ1) is 19.7. The zero-order chi connectivity index (χ0) is 19.7. The van der Waals surface area contributed by atoms with Crippen LogP contribution in [-0.2, 0) is 20.7 Å². The maximum atomic E-state index is 13.5. The highest BCUT2D eigenvalue weighted by atomic mass is 16.6. The van der Waals surface area contributed by atoms with Gasteiger partial charge in [-0.25, -0.2) is 4.79 Å². The SMILES string of the molecule is C=CC[C@@]1(Cc2ccccc2)C(=O)O[C@H]([C]2[CH][CH][CH][CH]2)N1C(=O)C(C)(C)C. The molecular weight excluding hydrogens is 338 g/mol. The van der Waals surface area contributed by atoms with Gasteiger partial charge in [-0.2, -0.15) is 0 Å². The largest absolute Gasteiger partial charge is 0.439 e. The molecule has 1 saturated heterocycles. The third-order valence-electron chi connectivity index (χ3n) is 4.95. The number of carbonyl (C=O) groups is 2. The van der Waals surface area contributed by atoms with Crippen LogP contribution in [0.1, 0.15) is 32.8 Å². The van der Waals surface area contributed by atoms with Crippen LogP contribution in [0.4, 0.5) is 0 Å². The Balaban J connectivity index is 2.07. The van der Waals surface area contributed by atoms with E-state index in [0.717, 1.165) is 11.5 Å². The predicted molar refractivity (Wildman–Crippen MR) is 104 cm³/mol. The summed E-state index contributed by atoms with van der Waals surface area (Å²) >= 11 is 0. The van der Waals surface area contributed by atoms with Gasteiger partial charge >= 0.3 is 5.97 Å². The number of nitrogens with zero attached hydrogens (tertiary/aromatic N) is 1. The highest BCUT2D eigenvalue weighted by Crippen LogP contribution is 2.44. The molecule has 4 heteroatoms. The molecule has 3 rings (SSSR count). The lowest BCUT2D eigenvalue weighted by atomic mass is 9.83. The number of ether oxygens (including phenoxy) is 1. The third-order valence-corrected chi connectivity index (χ3v) is 4.95. The molecule has 1 aromatic rings. The number of rotatable bonds is 5. The molecule has 1 aliphatic heterocycles. The van der Waals surface area contributed by atoms with E-state index in [1.165, 1.54) is 0 Å². The second kappa shape index (κ2) is 7.49. The van der Waals surface area contributed by atoms with E-state index in [1.807, 2.05) is 76.8 Å². The van der Waals surface area contributed by atoms with E-state index in [-0.39, 0.29) is 11.9 Å². The van der Waals surface area contributed by atoms with Crippen molar-refractivity contribution in [1.82, 2.24) is 4.90 Å². The smallest absolute Gasteiger partial charge is 0.334 e. The quantitative estimate of drug-likeness (QED) is 0.591. The molecule has 1 amide bonds. The fourth-order valence-corrected chi connectivity index (χ4v) is 3.60. The van der Waals surface area contributed by atoms with E-state index >= 15 is 0 Å². The molecule has 2 fully saturated rings. The van der Waals surface area contributed by atoms with Crippen LogP contribution in [0.3, 0.4) is 0 Å². The monoisotopic (exact) mass is 364 g/mol. The molecule has 1 heterocycles. The normalized spacial score (nSPS) is 26.3. The van der Waals surface area contributed by atoms with Gasteiger partial charge in [0.25, 0.3) is 0 Å². The minimum Gasteiger partial charge on any atom is -0.439 e. The van der Waals surface area contributed by atoms with E-state index in [2.05, 4.69) is 6.58 Å². The van der Waals surface area contributed by atoms with Crippen LogP contribution in [0, 0.1) is 37.0 Å². The Labute approximate surface area is 162 Å². The lowest BCUT2D eigenvalue weighted by Crippen LogP contribution is -2.58. The molecule has 0 spiro atoms. The first-order valence-electron chi connectivity index (χ1n) is 9.21. The lowest BCUT2D eigenvalue weighted by molar-refractivity contribution is -0.149. The molecule has 1 aromatic carbocycles. The van der Waals surface area contributed by atoms with E-state index in [1.54, 1.807) is 11.0 Å². The molecule has 0 N–H and O–H groups in total. The first-order chi connectivity index (χ1) is 12.8. The fraction of sp³-hybridized carbons (Fsp3) is 0.348. The molecule has 0 aromatic heterocycles. The maximum Gasteiger partial charge on any atom is 0.334 e. The van der Waals surface area contributed by atoms with Crippen molar-refractivity contribution in [3.63, 3.8) is 0 Å². The van der Waals surface area contributed by atoms with Gasteiger partial charge in [-0.15, -0.1) is 6.58 Å². The summed E-state index contributed by atoms with van der Waals surface area (Å²) in [7, 11) is 0. The minimum absolute atomic E-state index is 0.114. The third kappa shape index (κ3) is 3.67.